The van der Waals surface area contributed by atoms with Crippen molar-refractivity contribution < 1.29 is 29.6 Å². The summed E-state index contributed by atoms with van der Waals surface area (Å²) in [6.45, 7) is -0.299. The molecule has 3 N–H and O–H groups in total. The summed E-state index contributed by atoms with van der Waals surface area (Å²) in [5, 5.41) is 28.7. The highest BCUT2D eigenvalue weighted by atomic mass is 16.6. The maximum atomic E-state index is 11.5. The van der Waals surface area contributed by atoms with Gasteiger partial charge in [0.2, 0.25) is 6.29 Å². The molecule has 6 heteroatoms. The zero-order chi connectivity index (χ0) is 12.6. The van der Waals surface area contributed by atoms with Crippen molar-refractivity contribution in [1.82, 2.24) is 0 Å². The Kier molecular flexibility index (Phi) is 3.19. The van der Waals surface area contributed by atoms with Gasteiger partial charge in [0, 0.05) is 5.92 Å². The Bertz CT molecular complexity index is 385. The molecule has 0 spiro atoms. The lowest BCUT2D eigenvalue weighted by Crippen LogP contribution is -2.39. The van der Waals surface area contributed by atoms with E-state index in [4.69, 9.17) is 9.84 Å². The third kappa shape index (κ3) is 1.84. The van der Waals surface area contributed by atoms with Crippen molar-refractivity contribution in [3.05, 3.63) is 23.5 Å². The molecule has 0 aromatic carbocycles. The summed E-state index contributed by atoms with van der Waals surface area (Å²) in [7, 11) is 1.23. The van der Waals surface area contributed by atoms with Crippen molar-refractivity contribution in [1.29, 1.82) is 0 Å². The maximum Gasteiger partial charge on any atom is 0.337 e. The van der Waals surface area contributed by atoms with Gasteiger partial charge in [0.25, 0.3) is 0 Å². The Morgan fingerprint density at radius 2 is 2.18 bits per heavy atom. The fraction of sp³-hybridized carbons (Fsp3) is 0.545. The standard InChI is InChI=1S/C11H14O6/c1-16-10(14)6-4-17-11(15)8-5(3-12)2-7(13)9(6)8/h2,4,7-9,11-13,15H,3H2,1H3/t7-,8+,9-,11+/m0/s1. The summed E-state index contributed by atoms with van der Waals surface area (Å²) in [5.41, 5.74) is 0.625. The van der Waals surface area contributed by atoms with Crippen molar-refractivity contribution in [2.45, 2.75) is 12.4 Å². The van der Waals surface area contributed by atoms with Crippen LogP contribution in [0.2, 0.25) is 0 Å². The smallest absolute Gasteiger partial charge is 0.337 e. The molecule has 1 aliphatic carbocycles. The highest BCUT2D eigenvalue weighted by molar-refractivity contribution is 5.89. The molecule has 0 saturated carbocycles. The van der Waals surface area contributed by atoms with Crippen LogP contribution >= 0.6 is 0 Å². The zero-order valence-corrected chi connectivity index (χ0v) is 9.24. The fourth-order valence-corrected chi connectivity index (χ4v) is 2.38. The molecule has 0 radical (unpaired) electrons. The topological polar surface area (TPSA) is 96.2 Å². The van der Waals surface area contributed by atoms with E-state index in [0.29, 0.717) is 5.57 Å². The monoisotopic (exact) mass is 242 g/mol. The van der Waals surface area contributed by atoms with Gasteiger partial charge in [0.05, 0.1) is 37.6 Å². The number of fused-ring (bicyclic) bond motifs is 1. The lowest BCUT2D eigenvalue weighted by atomic mass is 9.82. The minimum Gasteiger partial charge on any atom is -0.472 e. The highest BCUT2D eigenvalue weighted by Gasteiger charge is 2.47. The van der Waals surface area contributed by atoms with Crippen LogP contribution in [0.15, 0.2) is 23.5 Å². The number of aliphatic hydroxyl groups excluding tert-OH is 3. The average molecular weight is 242 g/mol. The average Bonchev–Trinajstić information content (AvgIpc) is 2.67. The van der Waals surface area contributed by atoms with Gasteiger partial charge in [-0.15, -0.1) is 0 Å². The van der Waals surface area contributed by atoms with E-state index in [2.05, 4.69) is 4.74 Å². The predicted molar refractivity (Wildman–Crippen MR) is 55.3 cm³/mol. The number of esters is 1. The van der Waals surface area contributed by atoms with Gasteiger partial charge in [-0.25, -0.2) is 4.79 Å². The van der Waals surface area contributed by atoms with Crippen LogP contribution in [-0.2, 0) is 14.3 Å². The number of rotatable bonds is 2. The molecule has 2 aliphatic rings. The molecule has 0 unspecified atom stereocenters. The maximum absolute atomic E-state index is 11.5. The van der Waals surface area contributed by atoms with Crippen LogP contribution < -0.4 is 0 Å². The van der Waals surface area contributed by atoms with Crippen LogP contribution in [0.1, 0.15) is 0 Å². The fourth-order valence-electron chi connectivity index (χ4n) is 2.38. The second kappa shape index (κ2) is 4.48. The van der Waals surface area contributed by atoms with Crippen LogP contribution in [0.4, 0.5) is 0 Å². The summed E-state index contributed by atoms with van der Waals surface area (Å²) < 4.78 is 9.52. The Hall–Kier alpha value is -1.37. The first-order valence-electron chi connectivity index (χ1n) is 5.21. The largest absolute Gasteiger partial charge is 0.472 e. The van der Waals surface area contributed by atoms with E-state index < -0.39 is 30.2 Å². The van der Waals surface area contributed by atoms with Crippen molar-refractivity contribution in [3.63, 3.8) is 0 Å². The number of methoxy groups -OCH3 is 1. The molecule has 1 aliphatic heterocycles. The molecule has 0 amide bonds. The van der Waals surface area contributed by atoms with Gasteiger partial charge in [0.15, 0.2) is 0 Å². The van der Waals surface area contributed by atoms with Gasteiger partial charge in [0.1, 0.15) is 0 Å². The first kappa shape index (κ1) is 12.1. The molecule has 94 valence electrons. The lowest BCUT2D eigenvalue weighted by molar-refractivity contribution is -0.143. The second-order valence-electron chi connectivity index (χ2n) is 4.03. The first-order valence-corrected chi connectivity index (χ1v) is 5.21. The van der Waals surface area contributed by atoms with Gasteiger partial charge in [-0.05, 0) is 5.57 Å². The van der Waals surface area contributed by atoms with Crippen molar-refractivity contribution >= 4 is 5.97 Å². The molecule has 6 nitrogen and oxygen atoms in total. The van der Waals surface area contributed by atoms with E-state index in [1.807, 2.05) is 0 Å². The van der Waals surface area contributed by atoms with E-state index >= 15 is 0 Å². The van der Waals surface area contributed by atoms with Crippen LogP contribution in [0.3, 0.4) is 0 Å². The SMILES string of the molecule is COC(=O)C1=CO[C@@H](O)[C@@H]2C(CO)=C[C@H](O)[C@H]12. The van der Waals surface area contributed by atoms with Crippen molar-refractivity contribution in [2.24, 2.45) is 11.8 Å². The lowest BCUT2D eigenvalue weighted by Gasteiger charge is -2.32. The van der Waals surface area contributed by atoms with Gasteiger partial charge >= 0.3 is 5.97 Å². The van der Waals surface area contributed by atoms with Crippen molar-refractivity contribution in [3.8, 4) is 0 Å². The van der Waals surface area contributed by atoms with Crippen LogP contribution in [0.25, 0.3) is 0 Å². The number of hydrogen-bond donors (Lipinski definition) is 3. The first-order chi connectivity index (χ1) is 8.10. The molecule has 0 saturated heterocycles. The summed E-state index contributed by atoms with van der Waals surface area (Å²) in [6, 6.07) is 0. The number of hydrogen-bond acceptors (Lipinski definition) is 6. The molecule has 2 rings (SSSR count). The van der Waals surface area contributed by atoms with Crippen LogP contribution in [0, 0.1) is 11.8 Å². The predicted octanol–water partition coefficient (Wildman–Crippen LogP) is -1.08. The minimum absolute atomic E-state index is 0.162. The van der Waals surface area contributed by atoms with Gasteiger partial charge in [-0.2, -0.15) is 0 Å². The van der Waals surface area contributed by atoms with Gasteiger partial charge in [-0.1, -0.05) is 6.08 Å². The summed E-state index contributed by atoms with van der Waals surface area (Å²) in [5.74, 6) is -1.86. The normalized spacial score (nSPS) is 35.5. The van der Waals surface area contributed by atoms with E-state index in [9.17, 15) is 15.0 Å². The second-order valence-corrected chi connectivity index (χ2v) is 4.03. The molecule has 17 heavy (non-hydrogen) atoms. The molecule has 0 fully saturated rings. The molecule has 0 aromatic rings. The molecular formula is C11H14O6. The molecular weight excluding hydrogens is 228 g/mol. The van der Waals surface area contributed by atoms with E-state index in [1.165, 1.54) is 13.2 Å². The molecule has 0 aromatic heterocycles. The number of carbonyl (C=O) groups is 1. The van der Waals surface area contributed by atoms with Crippen LogP contribution in [-0.4, -0.2) is 47.4 Å². The summed E-state index contributed by atoms with van der Waals surface area (Å²) >= 11 is 0. The van der Waals surface area contributed by atoms with E-state index in [1.54, 1.807) is 0 Å². The quantitative estimate of drug-likeness (QED) is 0.421. The van der Waals surface area contributed by atoms with Crippen LogP contribution in [0.5, 0.6) is 0 Å². The van der Waals surface area contributed by atoms with E-state index in [0.717, 1.165) is 6.26 Å². The molecule has 1 heterocycles. The Morgan fingerprint density at radius 1 is 1.47 bits per heavy atom. The molecule has 0 bridgehead atoms. The Labute approximate surface area is 97.8 Å². The molecule has 4 atom stereocenters. The summed E-state index contributed by atoms with van der Waals surface area (Å²) in [6.07, 6.45) is 0.425. The number of aliphatic hydroxyl groups is 3. The van der Waals surface area contributed by atoms with Gasteiger partial charge in [-0.3, -0.25) is 0 Å². The minimum atomic E-state index is -1.18. The van der Waals surface area contributed by atoms with E-state index in [-0.39, 0.29) is 12.2 Å². The number of ether oxygens (including phenoxy) is 2. The highest BCUT2D eigenvalue weighted by Crippen LogP contribution is 2.42. The zero-order valence-electron chi connectivity index (χ0n) is 9.24. The van der Waals surface area contributed by atoms with Crippen molar-refractivity contribution in [2.75, 3.05) is 13.7 Å². The number of carbonyl (C=O) groups excluding carboxylic acids is 1. The Morgan fingerprint density at radius 3 is 2.76 bits per heavy atom. The Balaban J connectivity index is 2.34. The summed E-state index contributed by atoms with van der Waals surface area (Å²) in [4.78, 5) is 11.5. The third-order valence-corrected chi connectivity index (χ3v) is 3.17. The van der Waals surface area contributed by atoms with Gasteiger partial charge < -0.3 is 24.8 Å². The third-order valence-electron chi connectivity index (χ3n) is 3.17.